The van der Waals surface area contributed by atoms with Crippen molar-refractivity contribution in [1.82, 2.24) is 5.32 Å². The van der Waals surface area contributed by atoms with Gasteiger partial charge < -0.3 is 24.3 Å². The van der Waals surface area contributed by atoms with Crippen LogP contribution in [0, 0.1) is 0 Å². The molecule has 1 amide bonds. The van der Waals surface area contributed by atoms with Gasteiger partial charge in [0.25, 0.3) is 5.91 Å². The summed E-state index contributed by atoms with van der Waals surface area (Å²) in [5.74, 6) is 1.62. The average Bonchev–Trinajstić information content (AvgIpc) is 2.83. The molecule has 3 rings (SSSR count). The molecule has 0 spiro atoms. The maximum Gasteiger partial charge on any atom is 0.338 e. The molecule has 0 aliphatic rings. The van der Waals surface area contributed by atoms with Crippen LogP contribution in [-0.2, 0) is 16.0 Å². The molecule has 0 unspecified atom stereocenters. The summed E-state index contributed by atoms with van der Waals surface area (Å²) in [6.45, 7) is 0.0461. The van der Waals surface area contributed by atoms with E-state index in [0.717, 1.165) is 5.56 Å². The summed E-state index contributed by atoms with van der Waals surface area (Å²) in [5, 5.41) is 2.73. The molecule has 0 aromatic heterocycles. The predicted octanol–water partition coefficient (Wildman–Crippen LogP) is 4.01. The summed E-state index contributed by atoms with van der Waals surface area (Å²) < 4.78 is 21.3. The normalized spacial score (nSPS) is 10.2. The molecule has 0 aliphatic heterocycles. The number of hydrogen-bond acceptors (Lipinski definition) is 6. The van der Waals surface area contributed by atoms with Gasteiger partial charge in [-0.3, -0.25) is 4.79 Å². The average molecular weight is 435 g/mol. The number of methoxy groups -OCH3 is 2. The first kappa shape index (κ1) is 22.7. The van der Waals surface area contributed by atoms with E-state index in [1.807, 2.05) is 48.5 Å². The lowest BCUT2D eigenvalue weighted by Gasteiger charge is -2.10. The highest BCUT2D eigenvalue weighted by atomic mass is 16.5. The monoisotopic (exact) mass is 435 g/mol. The van der Waals surface area contributed by atoms with Gasteiger partial charge in [-0.1, -0.05) is 24.3 Å². The van der Waals surface area contributed by atoms with Gasteiger partial charge in [0.1, 0.15) is 11.5 Å². The van der Waals surface area contributed by atoms with Gasteiger partial charge in [0.05, 0.1) is 19.8 Å². The van der Waals surface area contributed by atoms with Crippen LogP contribution < -0.4 is 19.5 Å². The van der Waals surface area contributed by atoms with Crippen molar-refractivity contribution in [1.29, 1.82) is 0 Å². The Morgan fingerprint density at radius 3 is 2.19 bits per heavy atom. The number of hydrogen-bond donors (Lipinski definition) is 1. The van der Waals surface area contributed by atoms with E-state index in [4.69, 9.17) is 18.9 Å². The lowest BCUT2D eigenvalue weighted by molar-refractivity contribution is -0.124. The summed E-state index contributed by atoms with van der Waals surface area (Å²) >= 11 is 0. The number of carbonyl (C=O) groups is 2. The van der Waals surface area contributed by atoms with Gasteiger partial charge in [0, 0.05) is 6.54 Å². The quantitative estimate of drug-likeness (QED) is 0.485. The number of nitrogens with one attached hydrogen (secondary N) is 1. The second kappa shape index (κ2) is 11.4. The molecule has 0 radical (unpaired) electrons. The highest BCUT2D eigenvalue weighted by molar-refractivity contribution is 5.91. The maximum atomic E-state index is 12.2. The van der Waals surface area contributed by atoms with Crippen LogP contribution >= 0.6 is 0 Å². The Morgan fingerprint density at radius 1 is 0.812 bits per heavy atom. The highest BCUT2D eigenvalue weighted by Crippen LogP contribution is 2.27. The standard InChI is InChI=1S/C25H25NO6/c1-29-22-13-8-18(16-23(22)30-2)14-15-26-24(27)17-31-25(28)19-9-11-21(12-10-19)32-20-6-4-3-5-7-20/h3-13,16H,14-15,17H2,1-2H3,(H,26,27). The van der Waals surface area contributed by atoms with Crippen molar-refractivity contribution in [3.8, 4) is 23.0 Å². The third kappa shape index (κ3) is 6.50. The van der Waals surface area contributed by atoms with Crippen LogP contribution in [0.25, 0.3) is 0 Å². The number of rotatable bonds is 10. The SMILES string of the molecule is COc1ccc(CCNC(=O)COC(=O)c2ccc(Oc3ccccc3)cc2)cc1OC. The van der Waals surface area contributed by atoms with Crippen molar-refractivity contribution < 1.29 is 28.5 Å². The fourth-order valence-electron chi connectivity index (χ4n) is 2.93. The minimum Gasteiger partial charge on any atom is -0.493 e. The Balaban J connectivity index is 1.41. The molecule has 0 heterocycles. The van der Waals surface area contributed by atoms with E-state index >= 15 is 0 Å². The Labute approximate surface area is 186 Å². The van der Waals surface area contributed by atoms with E-state index < -0.39 is 5.97 Å². The second-order valence-corrected chi connectivity index (χ2v) is 6.80. The van der Waals surface area contributed by atoms with Gasteiger partial charge in [-0.05, 0) is 60.5 Å². The molecular weight excluding hydrogens is 410 g/mol. The van der Waals surface area contributed by atoms with Crippen LogP contribution in [-0.4, -0.2) is 39.2 Å². The Kier molecular flexibility index (Phi) is 8.09. The molecule has 7 heteroatoms. The van der Waals surface area contributed by atoms with Crippen molar-refractivity contribution in [3.63, 3.8) is 0 Å². The topological polar surface area (TPSA) is 83.1 Å². The number of ether oxygens (including phenoxy) is 4. The van der Waals surface area contributed by atoms with Crippen LogP contribution in [0.2, 0.25) is 0 Å². The molecule has 32 heavy (non-hydrogen) atoms. The molecule has 0 aliphatic carbocycles. The van der Waals surface area contributed by atoms with Gasteiger partial charge in [-0.25, -0.2) is 4.79 Å². The first-order valence-corrected chi connectivity index (χ1v) is 10.1. The number of benzene rings is 3. The van der Waals surface area contributed by atoms with E-state index in [-0.39, 0.29) is 12.5 Å². The molecule has 0 bridgehead atoms. The predicted molar refractivity (Wildman–Crippen MR) is 120 cm³/mol. The Bertz CT molecular complexity index is 1030. The van der Waals surface area contributed by atoms with Crippen LogP contribution in [0.1, 0.15) is 15.9 Å². The fourth-order valence-corrected chi connectivity index (χ4v) is 2.93. The molecule has 0 fully saturated rings. The van der Waals surface area contributed by atoms with Crippen LogP contribution in [0.4, 0.5) is 0 Å². The molecular formula is C25H25NO6. The van der Waals surface area contributed by atoms with Gasteiger partial charge in [-0.15, -0.1) is 0 Å². The lowest BCUT2D eigenvalue weighted by atomic mass is 10.1. The second-order valence-electron chi connectivity index (χ2n) is 6.80. The van der Waals surface area contributed by atoms with Crippen molar-refractivity contribution >= 4 is 11.9 Å². The Hall–Kier alpha value is -4.00. The number of carbonyl (C=O) groups excluding carboxylic acids is 2. The molecule has 0 atom stereocenters. The summed E-state index contributed by atoms with van der Waals surface area (Å²) in [7, 11) is 3.15. The van der Waals surface area contributed by atoms with E-state index in [1.165, 1.54) is 0 Å². The van der Waals surface area contributed by atoms with E-state index in [2.05, 4.69) is 5.32 Å². The van der Waals surface area contributed by atoms with E-state index in [0.29, 0.717) is 41.5 Å². The Morgan fingerprint density at radius 2 is 1.50 bits per heavy atom. The first-order valence-electron chi connectivity index (χ1n) is 10.1. The fraction of sp³-hybridized carbons (Fsp3) is 0.200. The first-order chi connectivity index (χ1) is 15.6. The zero-order chi connectivity index (χ0) is 22.8. The molecule has 0 saturated carbocycles. The minimum atomic E-state index is -0.577. The van der Waals surface area contributed by atoms with Crippen LogP contribution in [0.3, 0.4) is 0 Å². The van der Waals surface area contributed by atoms with E-state index in [1.54, 1.807) is 38.5 Å². The summed E-state index contributed by atoms with van der Waals surface area (Å²) in [5.41, 5.74) is 1.32. The molecule has 166 valence electrons. The number of esters is 1. The molecule has 7 nitrogen and oxygen atoms in total. The minimum absolute atomic E-state index is 0.337. The molecule has 3 aromatic carbocycles. The van der Waals surface area contributed by atoms with Crippen LogP contribution in [0.5, 0.6) is 23.0 Å². The zero-order valence-corrected chi connectivity index (χ0v) is 18.0. The highest BCUT2D eigenvalue weighted by Gasteiger charge is 2.11. The summed E-state index contributed by atoms with van der Waals surface area (Å²) in [6, 6.07) is 21.4. The summed E-state index contributed by atoms with van der Waals surface area (Å²) in [4.78, 5) is 24.2. The van der Waals surface area contributed by atoms with E-state index in [9.17, 15) is 9.59 Å². The van der Waals surface area contributed by atoms with Crippen molar-refractivity contribution in [2.24, 2.45) is 0 Å². The van der Waals surface area contributed by atoms with Crippen LogP contribution in [0.15, 0.2) is 72.8 Å². The lowest BCUT2D eigenvalue weighted by Crippen LogP contribution is -2.30. The van der Waals surface area contributed by atoms with Crippen molar-refractivity contribution in [2.45, 2.75) is 6.42 Å². The largest absolute Gasteiger partial charge is 0.493 e. The third-order valence-electron chi connectivity index (χ3n) is 4.59. The van der Waals surface area contributed by atoms with Gasteiger partial charge in [-0.2, -0.15) is 0 Å². The van der Waals surface area contributed by atoms with Crippen molar-refractivity contribution in [2.75, 3.05) is 27.4 Å². The molecule has 1 N–H and O–H groups in total. The summed E-state index contributed by atoms with van der Waals surface area (Å²) in [6.07, 6.45) is 0.600. The zero-order valence-electron chi connectivity index (χ0n) is 18.0. The number of amides is 1. The van der Waals surface area contributed by atoms with Gasteiger partial charge in [0.15, 0.2) is 18.1 Å². The van der Waals surface area contributed by atoms with Gasteiger partial charge in [0.2, 0.25) is 0 Å². The van der Waals surface area contributed by atoms with Crippen molar-refractivity contribution in [3.05, 3.63) is 83.9 Å². The van der Waals surface area contributed by atoms with Gasteiger partial charge >= 0.3 is 5.97 Å². The smallest absolute Gasteiger partial charge is 0.338 e. The maximum absolute atomic E-state index is 12.2. The molecule has 0 saturated heterocycles. The third-order valence-corrected chi connectivity index (χ3v) is 4.59. The molecule has 3 aromatic rings. The number of para-hydroxylation sites is 1.